The molecular weight excluding hydrogens is 314 g/mol. The molecule has 2 atom stereocenters. The van der Waals surface area contributed by atoms with Gasteiger partial charge in [-0.05, 0) is 24.6 Å². The minimum absolute atomic E-state index is 0.0395. The van der Waals surface area contributed by atoms with Gasteiger partial charge in [-0.3, -0.25) is 5.01 Å². The highest BCUT2D eigenvalue weighted by Gasteiger charge is 2.34. The zero-order valence-corrected chi connectivity index (χ0v) is 14.6. The summed E-state index contributed by atoms with van der Waals surface area (Å²) in [5, 5.41) is 16.4. The van der Waals surface area contributed by atoms with Crippen molar-refractivity contribution in [3.05, 3.63) is 59.7 Å². The minimum Gasteiger partial charge on any atom is -0.497 e. The molecule has 0 radical (unpaired) electrons. The second-order valence-electron chi connectivity index (χ2n) is 5.99. The maximum atomic E-state index is 9.89. The predicted octanol–water partition coefficient (Wildman–Crippen LogP) is 4.09. The van der Waals surface area contributed by atoms with Gasteiger partial charge in [-0.2, -0.15) is 10.4 Å². The number of nitrogens with zero attached hydrogens (tertiary/aromatic N) is 3. The Morgan fingerprint density at radius 1 is 1.16 bits per heavy atom. The van der Waals surface area contributed by atoms with Gasteiger partial charge >= 0.3 is 0 Å². The lowest BCUT2D eigenvalue weighted by atomic mass is 9.99. The number of rotatable bonds is 5. The van der Waals surface area contributed by atoms with E-state index in [0.717, 1.165) is 23.3 Å². The van der Waals surface area contributed by atoms with E-state index in [2.05, 4.69) is 23.3 Å². The van der Waals surface area contributed by atoms with Gasteiger partial charge in [-0.15, -0.1) is 0 Å². The maximum Gasteiger partial charge on any atom is 0.162 e. The highest BCUT2D eigenvalue weighted by atomic mass is 16.5. The second kappa shape index (κ2) is 7.27. The summed E-state index contributed by atoms with van der Waals surface area (Å²) in [7, 11) is 3.20. The number of ether oxygens (including phenoxy) is 2. The van der Waals surface area contributed by atoms with Gasteiger partial charge < -0.3 is 9.47 Å². The molecule has 1 heterocycles. The number of methoxy groups -OCH3 is 2. The molecular formula is C20H21N3O2. The third-order valence-corrected chi connectivity index (χ3v) is 4.40. The Kier molecular flexibility index (Phi) is 4.90. The maximum absolute atomic E-state index is 9.89. The van der Waals surface area contributed by atoms with Gasteiger partial charge in [0.25, 0.3) is 0 Å². The fraction of sp³-hybridized carbons (Fsp3) is 0.300. The van der Waals surface area contributed by atoms with E-state index >= 15 is 0 Å². The standard InChI is InChI=1S/C20H21N3O2/c1-14-11-18(15-7-5-4-6-8-15)23(22-14)19(13-21)17-10-9-16(24-2)12-20(17)25-3/h4-10,12,18-19H,11H2,1-3H3/t18-,19+/m1/s1. The lowest BCUT2D eigenvalue weighted by molar-refractivity contribution is 0.193. The zero-order chi connectivity index (χ0) is 17.8. The molecule has 0 spiro atoms. The number of benzene rings is 2. The molecule has 0 unspecified atom stereocenters. The van der Waals surface area contributed by atoms with Crippen molar-refractivity contribution >= 4 is 5.71 Å². The van der Waals surface area contributed by atoms with E-state index < -0.39 is 6.04 Å². The third kappa shape index (κ3) is 3.29. The van der Waals surface area contributed by atoms with Crippen LogP contribution in [0.3, 0.4) is 0 Å². The highest BCUT2D eigenvalue weighted by molar-refractivity contribution is 5.84. The molecule has 0 aliphatic carbocycles. The van der Waals surface area contributed by atoms with Crippen molar-refractivity contribution in [3.63, 3.8) is 0 Å². The Morgan fingerprint density at radius 3 is 2.56 bits per heavy atom. The first kappa shape index (κ1) is 16.8. The van der Waals surface area contributed by atoms with Crippen LogP contribution in [-0.2, 0) is 0 Å². The summed E-state index contributed by atoms with van der Waals surface area (Å²) < 4.78 is 10.7. The largest absolute Gasteiger partial charge is 0.497 e. The van der Waals surface area contributed by atoms with Crippen molar-refractivity contribution in [3.8, 4) is 17.6 Å². The minimum atomic E-state index is -0.538. The molecule has 0 saturated carbocycles. The van der Waals surface area contributed by atoms with Crippen LogP contribution in [0.15, 0.2) is 53.6 Å². The van der Waals surface area contributed by atoms with Crippen LogP contribution in [-0.4, -0.2) is 24.9 Å². The monoisotopic (exact) mass is 335 g/mol. The SMILES string of the molecule is COc1ccc([C@H](C#N)N2N=C(C)C[C@@H]2c2ccccc2)c(OC)c1. The Hall–Kier alpha value is -3.00. The molecule has 1 aliphatic rings. The summed E-state index contributed by atoms with van der Waals surface area (Å²) in [6.45, 7) is 2.00. The molecule has 0 fully saturated rings. The zero-order valence-electron chi connectivity index (χ0n) is 14.6. The molecule has 1 aliphatic heterocycles. The summed E-state index contributed by atoms with van der Waals surface area (Å²) >= 11 is 0. The summed E-state index contributed by atoms with van der Waals surface area (Å²) in [5.41, 5.74) is 2.95. The molecule has 2 aromatic carbocycles. The Bertz CT molecular complexity index is 811. The molecule has 5 nitrogen and oxygen atoms in total. The van der Waals surface area contributed by atoms with Crippen LogP contribution in [0.25, 0.3) is 0 Å². The van der Waals surface area contributed by atoms with Gasteiger partial charge in [0.15, 0.2) is 6.04 Å². The van der Waals surface area contributed by atoms with E-state index in [1.54, 1.807) is 20.3 Å². The first-order valence-electron chi connectivity index (χ1n) is 8.16. The van der Waals surface area contributed by atoms with Gasteiger partial charge in [0.1, 0.15) is 11.5 Å². The molecule has 128 valence electrons. The molecule has 0 bridgehead atoms. The van der Waals surface area contributed by atoms with Crippen molar-refractivity contribution in [1.82, 2.24) is 5.01 Å². The normalized spacial score (nSPS) is 17.6. The van der Waals surface area contributed by atoms with E-state index in [1.807, 2.05) is 42.3 Å². The lowest BCUT2D eigenvalue weighted by Crippen LogP contribution is -2.24. The average molecular weight is 335 g/mol. The fourth-order valence-electron chi connectivity index (χ4n) is 3.18. The summed E-state index contributed by atoms with van der Waals surface area (Å²) in [6.07, 6.45) is 0.806. The summed E-state index contributed by atoms with van der Waals surface area (Å²) in [5.74, 6) is 1.32. The average Bonchev–Trinajstić information content (AvgIpc) is 3.04. The molecule has 2 aromatic rings. The summed E-state index contributed by atoms with van der Waals surface area (Å²) in [6, 6.07) is 17.6. The molecule has 3 rings (SSSR count). The molecule has 0 amide bonds. The second-order valence-corrected chi connectivity index (χ2v) is 5.99. The van der Waals surface area contributed by atoms with Gasteiger partial charge in [0.05, 0.1) is 26.3 Å². The van der Waals surface area contributed by atoms with E-state index in [4.69, 9.17) is 9.47 Å². The van der Waals surface area contributed by atoms with Crippen LogP contribution in [0.2, 0.25) is 0 Å². The van der Waals surface area contributed by atoms with Crippen molar-refractivity contribution in [1.29, 1.82) is 5.26 Å². The van der Waals surface area contributed by atoms with Crippen molar-refractivity contribution in [2.45, 2.75) is 25.4 Å². The molecule has 0 aromatic heterocycles. The number of hydrogen-bond donors (Lipinski definition) is 0. The Labute approximate surface area is 148 Å². The number of nitriles is 1. The lowest BCUT2D eigenvalue weighted by Gasteiger charge is -2.29. The molecule has 5 heteroatoms. The van der Waals surface area contributed by atoms with Crippen LogP contribution >= 0.6 is 0 Å². The molecule has 0 saturated heterocycles. The van der Waals surface area contributed by atoms with Crippen molar-refractivity contribution in [2.75, 3.05) is 14.2 Å². The smallest absolute Gasteiger partial charge is 0.162 e. The highest BCUT2D eigenvalue weighted by Crippen LogP contribution is 2.40. The van der Waals surface area contributed by atoms with E-state index in [-0.39, 0.29) is 6.04 Å². The first-order chi connectivity index (χ1) is 12.2. The van der Waals surface area contributed by atoms with Gasteiger partial charge in [-0.25, -0.2) is 0 Å². The van der Waals surface area contributed by atoms with E-state index in [0.29, 0.717) is 11.5 Å². The molecule has 0 N–H and O–H groups in total. The van der Waals surface area contributed by atoms with Gasteiger partial charge in [0, 0.05) is 23.8 Å². The van der Waals surface area contributed by atoms with Crippen LogP contribution in [0.1, 0.15) is 36.6 Å². The molecule has 25 heavy (non-hydrogen) atoms. The van der Waals surface area contributed by atoms with Crippen molar-refractivity contribution in [2.24, 2.45) is 5.10 Å². The van der Waals surface area contributed by atoms with Crippen LogP contribution in [0, 0.1) is 11.3 Å². The van der Waals surface area contributed by atoms with Crippen LogP contribution in [0.5, 0.6) is 11.5 Å². The number of hydrazone groups is 1. The topological polar surface area (TPSA) is 57.8 Å². The van der Waals surface area contributed by atoms with Crippen molar-refractivity contribution < 1.29 is 9.47 Å². The van der Waals surface area contributed by atoms with E-state index in [1.165, 1.54) is 0 Å². The quantitative estimate of drug-likeness (QED) is 0.826. The Morgan fingerprint density at radius 2 is 1.92 bits per heavy atom. The fourth-order valence-corrected chi connectivity index (χ4v) is 3.18. The summed E-state index contributed by atoms with van der Waals surface area (Å²) in [4.78, 5) is 0. The first-order valence-corrected chi connectivity index (χ1v) is 8.16. The van der Waals surface area contributed by atoms with Crippen LogP contribution < -0.4 is 9.47 Å². The number of hydrogen-bond acceptors (Lipinski definition) is 5. The Balaban J connectivity index is 2.01. The predicted molar refractivity (Wildman–Crippen MR) is 96.6 cm³/mol. The van der Waals surface area contributed by atoms with E-state index in [9.17, 15) is 5.26 Å². The van der Waals surface area contributed by atoms with Gasteiger partial charge in [0.2, 0.25) is 0 Å². The third-order valence-electron chi connectivity index (χ3n) is 4.40. The van der Waals surface area contributed by atoms with Gasteiger partial charge in [-0.1, -0.05) is 30.3 Å². The van der Waals surface area contributed by atoms with Crippen LogP contribution in [0.4, 0.5) is 0 Å².